The fraction of sp³-hybridized carbons (Fsp3) is 0.292. The number of para-hydroxylation sites is 1. The Morgan fingerprint density at radius 2 is 1.86 bits per heavy atom. The summed E-state index contributed by atoms with van der Waals surface area (Å²) in [5, 5.41) is 17.5. The zero-order valence-corrected chi connectivity index (χ0v) is 20.0. The van der Waals surface area contributed by atoms with E-state index in [1.807, 2.05) is 4.90 Å². The van der Waals surface area contributed by atoms with Gasteiger partial charge in [-0.2, -0.15) is 13.2 Å². The number of benzene rings is 2. The van der Waals surface area contributed by atoms with Crippen molar-refractivity contribution in [1.29, 1.82) is 0 Å². The van der Waals surface area contributed by atoms with E-state index < -0.39 is 29.7 Å². The van der Waals surface area contributed by atoms with Crippen LogP contribution in [0, 0.1) is 0 Å². The molecule has 2 aromatic carbocycles. The Balaban J connectivity index is 1.40. The van der Waals surface area contributed by atoms with Crippen molar-refractivity contribution in [3.05, 3.63) is 70.2 Å². The SMILES string of the molecule is C[C@H](CO)NC(=O)c1ccccc1NC(=O)Nc1nc2c(s1)CN(c1ccc(C(F)(F)F)cc1)CC2. The summed E-state index contributed by atoms with van der Waals surface area (Å²) in [5.41, 5.74) is 1.36. The van der Waals surface area contributed by atoms with Crippen LogP contribution in [-0.2, 0) is 19.1 Å². The second kappa shape index (κ2) is 10.5. The molecule has 0 aliphatic carbocycles. The van der Waals surface area contributed by atoms with E-state index in [1.54, 1.807) is 31.2 Å². The summed E-state index contributed by atoms with van der Waals surface area (Å²) in [5.74, 6) is -0.430. The average molecular weight is 520 g/mol. The van der Waals surface area contributed by atoms with Gasteiger partial charge in [0.25, 0.3) is 5.91 Å². The molecule has 0 bridgehead atoms. The summed E-state index contributed by atoms with van der Waals surface area (Å²) in [6.07, 6.45) is -3.79. The van der Waals surface area contributed by atoms with Gasteiger partial charge in [0.2, 0.25) is 0 Å². The number of nitrogens with zero attached hydrogens (tertiary/aromatic N) is 2. The Morgan fingerprint density at radius 1 is 1.14 bits per heavy atom. The van der Waals surface area contributed by atoms with Gasteiger partial charge in [0, 0.05) is 29.6 Å². The van der Waals surface area contributed by atoms with Crippen LogP contribution in [0.4, 0.5) is 34.5 Å². The maximum atomic E-state index is 12.8. The number of alkyl halides is 3. The highest BCUT2D eigenvalue weighted by Gasteiger charge is 2.30. The van der Waals surface area contributed by atoms with Crippen LogP contribution < -0.4 is 20.9 Å². The number of anilines is 3. The lowest BCUT2D eigenvalue weighted by Crippen LogP contribution is -2.35. The average Bonchev–Trinajstić information content (AvgIpc) is 3.25. The molecule has 1 aromatic heterocycles. The molecule has 190 valence electrons. The molecule has 4 N–H and O–H groups in total. The Kier molecular flexibility index (Phi) is 7.45. The monoisotopic (exact) mass is 519 g/mol. The van der Waals surface area contributed by atoms with E-state index in [0.29, 0.717) is 36.0 Å². The van der Waals surface area contributed by atoms with Gasteiger partial charge in [-0.1, -0.05) is 23.5 Å². The van der Waals surface area contributed by atoms with Gasteiger partial charge in [0.15, 0.2) is 5.13 Å². The minimum absolute atomic E-state index is 0.215. The first-order valence-electron chi connectivity index (χ1n) is 11.1. The fourth-order valence-corrected chi connectivity index (χ4v) is 4.74. The topological polar surface area (TPSA) is 107 Å². The molecule has 36 heavy (non-hydrogen) atoms. The molecule has 3 aromatic rings. The smallest absolute Gasteiger partial charge is 0.394 e. The van der Waals surface area contributed by atoms with Gasteiger partial charge in [-0.3, -0.25) is 10.1 Å². The molecule has 0 spiro atoms. The lowest BCUT2D eigenvalue weighted by Gasteiger charge is -2.28. The van der Waals surface area contributed by atoms with Crippen LogP contribution in [0.25, 0.3) is 0 Å². The fourth-order valence-electron chi connectivity index (χ4n) is 3.72. The summed E-state index contributed by atoms with van der Waals surface area (Å²) in [6, 6.07) is 10.5. The molecule has 0 unspecified atom stereocenters. The molecule has 0 fully saturated rings. The number of carbonyl (C=O) groups is 2. The van der Waals surface area contributed by atoms with Gasteiger partial charge < -0.3 is 20.6 Å². The largest absolute Gasteiger partial charge is 0.416 e. The van der Waals surface area contributed by atoms with Crippen LogP contribution in [-0.4, -0.2) is 41.2 Å². The van der Waals surface area contributed by atoms with E-state index in [2.05, 4.69) is 20.9 Å². The number of nitrogens with one attached hydrogen (secondary N) is 3. The summed E-state index contributed by atoms with van der Waals surface area (Å²) in [4.78, 5) is 32.4. The van der Waals surface area contributed by atoms with Crippen LogP contribution in [0.2, 0.25) is 0 Å². The van der Waals surface area contributed by atoms with Gasteiger partial charge in [-0.25, -0.2) is 9.78 Å². The number of thiazole rings is 1. The number of aromatic nitrogens is 1. The third-order valence-corrected chi connectivity index (χ3v) is 6.58. The molecule has 0 radical (unpaired) electrons. The molecular weight excluding hydrogens is 495 g/mol. The van der Waals surface area contributed by atoms with Crippen LogP contribution >= 0.6 is 11.3 Å². The van der Waals surface area contributed by atoms with Crippen molar-refractivity contribution in [3.63, 3.8) is 0 Å². The number of hydrogen-bond acceptors (Lipinski definition) is 6. The molecule has 8 nitrogen and oxygen atoms in total. The maximum absolute atomic E-state index is 12.8. The second-order valence-electron chi connectivity index (χ2n) is 8.29. The summed E-state index contributed by atoms with van der Waals surface area (Å²) < 4.78 is 38.5. The van der Waals surface area contributed by atoms with E-state index in [-0.39, 0.29) is 12.2 Å². The molecule has 1 atom stereocenters. The number of fused-ring (bicyclic) bond motifs is 1. The van der Waals surface area contributed by atoms with E-state index >= 15 is 0 Å². The maximum Gasteiger partial charge on any atom is 0.416 e. The van der Waals surface area contributed by atoms with Crippen molar-refractivity contribution in [1.82, 2.24) is 10.3 Å². The van der Waals surface area contributed by atoms with Crippen LogP contribution in [0.15, 0.2) is 48.5 Å². The highest BCUT2D eigenvalue weighted by atomic mass is 32.1. The van der Waals surface area contributed by atoms with E-state index in [0.717, 1.165) is 22.7 Å². The van der Waals surface area contributed by atoms with Crippen molar-refractivity contribution in [3.8, 4) is 0 Å². The van der Waals surface area contributed by atoms with Crippen molar-refractivity contribution >= 4 is 39.8 Å². The van der Waals surface area contributed by atoms with E-state index in [4.69, 9.17) is 5.11 Å². The van der Waals surface area contributed by atoms with Crippen molar-refractivity contribution in [2.45, 2.75) is 32.1 Å². The zero-order chi connectivity index (χ0) is 25.9. The lowest BCUT2D eigenvalue weighted by atomic mass is 10.1. The highest BCUT2D eigenvalue weighted by Crippen LogP contribution is 2.33. The molecule has 0 saturated carbocycles. The number of aliphatic hydroxyl groups is 1. The first kappa shape index (κ1) is 25.5. The van der Waals surface area contributed by atoms with Gasteiger partial charge in [-0.05, 0) is 43.3 Å². The predicted molar refractivity (Wildman–Crippen MR) is 131 cm³/mol. The second-order valence-corrected chi connectivity index (χ2v) is 9.37. The van der Waals surface area contributed by atoms with Crippen molar-refractivity contribution < 1.29 is 27.9 Å². The summed E-state index contributed by atoms with van der Waals surface area (Å²) in [6.45, 7) is 2.49. The number of halogens is 3. The Morgan fingerprint density at radius 3 is 2.56 bits per heavy atom. The van der Waals surface area contributed by atoms with E-state index in [1.165, 1.54) is 23.5 Å². The van der Waals surface area contributed by atoms with Gasteiger partial charge in [0.1, 0.15) is 0 Å². The molecule has 0 saturated heterocycles. The third-order valence-electron chi connectivity index (χ3n) is 5.58. The number of rotatable bonds is 6. The Labute approximate surface area is 209 Å². The van der Waals surface area contributed by atoms with Crippen molar-refractivity contribution in [2.24, 2.45) is 0 Å². The van der Waals surface area contributed by atoms with Crippen molar-refractivity contribution in [2.75, 3.05) is 28.7 Å². The number of aliphatic hydroxyl groups excluding tert-OH is 1. The first-order valence-corrected chi connectivity index (χ1v) is 11.9. The molecule has 2 heterocycles. The van der Waals surface area contributed by atoms with Crippen LogP contribution in [0.1, 0.15) is 33.4 Å². The highest BCUT2D eigenvalue weighted by molar-refractivity contribution is 7.15. The predicted octanol–water partition coefficient (Wildman–Crippen LogP) is 4.48. The minimum Gasteiger partial charge on any atom is -0.394 e. The molecule has 4 rings (SSSR count). The lowest BCUT2D eigenvalue weighted by molar-refractivity contribution is -0.137. The number of urea groups is 1. The standard InChI is InChI=1S/C24H24F3N5O3S/c1-14(13-33)28-21(34)17-4-2-3-5-18(17)29-22(35)31-23-30-19-10-11-32(12-20(19)36-23)16-8-6-15(7-9-16)24(25,26)27/h2-9,14,33H,10-13H2,1H3,(H,28,34)(H2,29,30,31,35)/t14-/m1/s1. The van der Waals surface area contributed by atoms with Gasteiger partial charge in [-0.15, -0.1) is 0 Å². The zero-order valence-electron chi connectivity index (χ0n) is 19.2. The molecular formula is C24H24F3N5O3S. The number of amides is 3. The molecule has 1 aliphatic heterocycles. The number of carbonyl (C=O) groups excluding carboxylic acids is 2. The van der Waals surface area contributed by atoms with Gasteiger partial charge in [0.05, 0.1) is 35.7 Å². The normalized spacial score (nSPS) is 14.1. The first-order chi connectivity index (χ1) is 17.1. The Bertz CT molecular complexity index is 1250. The molecule has 12 heteroatoms. The number of hydrogen-bond donors (Lipinski definition) is 4. The summed E-state index contributed by atoms with van der Waals surface area (Å²) in [7, 11) is 0. The van der Waals surface area contributed by atoms with Gasteiger partial charge >= 0.3 is 12.2 Å². The van der Waals surface area contributed by atoms with Crippen LogP contribution in [0.5, 0.6) is 0 Å². The third kappa shape index (κ3) is 5.94. The summed E-state index contributed by atoms with van der Waals surface area (Å²) >= 11 is 1.29. The van der Waals surface area contributed by atoms with E-state index in [9.17, 15) is 22.8 Å². The molecule has 3 amide bonds. The quantitative estimate of drug-likeness (QED) is 0.384. The minimum atomic E-state index is -4.38. The van der Waals surface area contributed by atoms with Crippen LogP contribution in [0.3, 0.4) is 0 Å². The Hall–Kier alpha value is -3.64. The molecule has 1 aliphatic rings.